The summed E-state index contributed by atoms with van der Waals surface area (Å²) < 4.78 is 3.63. The van der Waals surface area contributed by atoms with Gasteiger partial charge in [0.2, 0.25) is 0 Å². The highest BCUT2D eigenvalue weighted by atomic mass is 15.4. The Morgan fingerprint density at radius 1 is 0.786 bits per heavy atom. The Morgan fingerprint density at radius 3 is 2.25 bits per heavy atom. The standard InChI is InChI=1S/C19H21N9/c1-14-5-7-28(23-14)18-4-3-17(21-22-18)25-9-11-26(12-10-25)19-16-13-15(2)24-27(16)8-6-20-19/h3-8,13H,9-12H2,1-2H3. The molecule has 0 N–H and O–H groups in total. The molecule has 1 aliphatic heterocycles. The van der Waals surface area contributed by atoms with Crippen molar-refractivity contribution in [2.75, 3.05) is 36.0 Å². The van der Waals surface area contributed by atoms with Crippen LogP contribution in [0.5, 0.6) is 0 Å². The van der Waals surface area contributed by atoms with Gasteiger partial charge in [-0.25, -0.2) is 14.2 Å². The largest absolute Gasteiger partial charge is 0.352 e. The predicted octanol–water partition coefficient (Wildman–Crippen LogP) is 1.65. The molecule has 5 heterocycles. The smallest absolute Gasteiger partial charge is 0.175 e. The fourth-order valence-corrected chi connectivity index (χ4v) is 3.57. The molecule has 142 valence electrons. The molecule has 9 nitrogen and oxygen atoms in total. The van der Waals surface area contributed by atoms with E-state index in [1.165, 1.54) is 0 Å². The Morgan fingerprint density at radius 2 is 1.54 bits per heavy atom. The third-order valence-electron chi connectivity index (χ3n) is 4.99. The molecule has 0 saturated carbocycles. The molecule has 0 unspecified atom stereocenters. The molecule has 4 aromatic heterocycles. The van der Waals surface area contributed by atoms with Crippen LogP contribution >= 0.6 is 0 Å². The topological polar surface area (TPSA) is 80.3 Å². The van der Waals surface area contributed by atoms with E-state index < -0.39 is 0 Å². The quantitative estimate of drug-likeness (QED) is 0.539. The molecule has 28 heavy (non-hydrogen) atoms. The molecule has 0 amide bonds. The first kappa shape index (κ1) is 16.7. The Bertz CT molecular complexity index is 1100. The van der Waals surface area contributed by atoms with E-state index in [4.69, 9.17) is 0 Å². The van der Waals surface area contributed by atoms with Gasteiger partial charge in [0, 0.05) is 44.8 Å². The lowest BCUT2D eigenvalue weighted by Gasteiger charge is -2.35. The monoisotopic (exact) mass is 375 g/mol. The molecule has 9 heteroatoms. The summed E-state index contributed by atoms with van der Waals surface area (Å²) in [7, 11) is 0. The number of nitrogens with zero attached hydrogens (tertiary/aromatic N) is 9. The summed E-state index contributed by atoms with van der Waals surface area (Å²) in [6, 6.07) is 7.99. The van der Waals surface area contributed by atoms with Gasteiger partial charge in [0.15, 0.2) is 17.5 Å². The summed E-state index contributed by atoms with van der Waals surface area (Å²) in [4.78, 5) is 9.16. The molecule has 1 saturated heterocycles. The average molecular weight is 375 g/mol. The van der Waals surface area contributed by atoms with Crippen LogP contribution in [0.3, 0.4) is 0 Å². The second-order valence-corrected chi connectivity index (χ2v) is 6.99. The number of aryl methyl sites for hydroxylation is 2. The highest BCUT2D eigenvalue weighted by molar-refractivity contribution is 5.69. The summed E-state index contributed by atoms with van der Waals surface area (Å²) in [5.41, 5.74) is 3.00. The lowest BCUT2D eigenvalue weighted by molar-refractivity contribution is 0.637. The Hall–Kier alpha value is -3.49. The van der Waals surface area contributed by atoms with Crippen LogP contribution < -0.4 is 9.80 Å². The SMILES string of the molecule is Cc1ccn(-c2ccc(N3CCN(c4nccn5nc(C)cc45)CC3)nn2)n1. The number of hydrogen-bond acceptors (Lipinski definition) is 7. The van der Waals surface area contributed by atoms with Crippen LogP contribution in [0.15, 0.2) is 42.9 Å². The molecule has 1 aliphatic rings. The average Bonchev–Trinajstić information content (AvgIpc) is 3.33. The minimum atomic E-state index is 0.725. The van der Waals surface area contributed by atoms with Crippen LogP contribution in [0, 0.1) is 13.8 Å². The highest BCUT2D eigenvalue weighted by Gasteiger charge is 2.21. The van der Waals surface area contributed by atoms with Gasteiger partial charge >= 0.3 is 0 Å². The maximum atomic E-state index is 4.60. The van der Waals surface area contributed by atoms with Crippen LogP contribution in [0.1, 0.15) is 11.4 Å². The van der Waals surface area contributed by atoms with Crippen molar-refractivity contribution in [3.05, 3.63) is 54.2 Å². The van der Waals surface area contributed by atoms with Crippen molar-refractivity contribution in [1.29, 1.82) is 0 Å². The van der Waals surface area contributed by atoms with Crippen LogP contribution in [-0.4, -0.2) is 60.8 Å². The van der Waals surface area contributed by atoms with Gasteiger partial charge in [0.1, 0.15) is 5.52 Å². The summed E-state index contributed by atoms with van der Waals surface area (Å²) in [5, 5.41) is 17.6. The van der Waals surface area contributed by atoms with Gasteiger partial charge in [-0.2, -0.15) is 10.2 Å². The Labute approximate surface area is 162 Å². The molecular formula is C19H21N9. The third kappa shape index (κ3) is 2.94. The first-order valence-electron chi connectivity index (χ1n) is 9.35. The van der Waals surface area contributed by atoms with Crippen molar-refractivity contribution in [2.24, 2.45) is 0 Å². The second kappa shape index (κ2) is 6.59. The normalized spacial score (nSPS) is 14.8. The fourth-order valence-electron chi connectivity index (χ4n) is 3.57. The maximum Gasteiger partial charge on any atom is 0.175 e. The van der Waals surface area contributed by atoms with Crippen LogP contribution in [0.4, 0.5) is 11.6 Å². The third-order valence-corrected chi connectivity index (χ3v) is 4.99. The predicted molar refractivity (Wildman–Crippen MR) is 106 cm³/mol. The Kier molecular flexibility index (Phi) is 3.92. The number of hydrogen-bond donors (Lipinski definition) is 0. The molecule has 0 bridgehead atoms. The second-order valence-electron chi connectivity index (χ2n) is 6.99. The minimum absolute atomic E-state index is 0.725. The van der Waals surface area contributed by atoms with E-state index >= 15 is 0 Å². The number of anilines is 2. The van der Waals surface area contributed by atoms with Gasteiger partial charge in [0.25, 0.3) is 0 Å². The van der Waals surface area contributed by atoms with Gasteiger partial charge in [0.05, 0.1) is 11.4 Å². The molecule has 0 radical (unpaired) electrons. The summed E-state index contributed by atoms with van der Waals surface area (Å²) in [6.45, 7) is 7.44. The Balaban J connectivity index is 1.30. The van der Waals surface area contributed by atoms with Gasteiger partial charge in [-0.15, -0.1) is 10.2 Å². The zero-order valence-corrected chi connectivity index (χ0v) is 15.9. The first-order chi connectivity index (χ1) is 13.7. The van der Waals surface area contributed by atoms with Crippen molar-refractivity contribution in [1.82, 2.24) is 34.6 Å². The van der Waals surface area contributed by atoms with Crippen molar-refractivity contribution in [3.63, 3.8) is 0 Å². The lowest BCUT2D eigenvalue weighted by Crippen LogP contribution is -2.47. The van der Waals surface area contributed by atoms with Gasteiger partial charge < -0.3 is 9.80 Å². The van der Waals surface area contributed by atoms with E-state index in [0.29, 0.717) is 0 Å². The van der Waals surface area contributed by atoms with Crippen LogP contribution in [-0.2, 0) is 0 Å². The maximum absolute atomic E-state index is 4.60. The molecule has 0 spiro atoms. The van der Waals surface area contributed by atoms with E-state index in [0.717, 1.165) is 60.5 Å². The zero-order valence-electron chi connectivity index (χ0n) is 15.9. The van der Waals surface area contributed by atoms with Crippen LogP contribution in [0.2, 0.25) is 0 Å². The summed E-state index contributed by atoms with van der Waals surface area (Å²) >= 11 is 0. The molecule has 5 rings (SSSR count). The molecular weight excluding hydrogens is 354 g/mol. The van der Waals surface area contributed by atoms with Gasteiger partial charge in [-0.1, -0.05) is 0 Å². The van der Waals surface area contributed by atoms with Crippen LogP contribution in [0.25, 0.3) is 11.3 Å². The number of rotatable bonds is 3. The number of piperazine rings is 1. The van der Waals surface area contributed by atoms with E-state index in [2.05, 4.69) is 41.2 Å². The summed E-state index contributed by atoms with van der Waals surface area (Å²) in [6.07, 6.45) is 5.59. The molecule has 0 atom stereocenters. The lowest BCUT2D eigenvalue weighted by atomic mass is 10.3. The number of fused-ring (bicyclic) bond motifs is 1. The molecule has 0 aromatic carbocycles. The first-order valence-corrected chi connectivity index (χ1v) is 9.35. The van der Waals surface area contributed by atoms with Gasteiger partial charge in [-0.05, 0) is 38.1 Å². The van der Waals surface area contributed by atoms with E-state index in [9.17, 15) is 0 Å². The molecule has 0 aliphatic carbocycles. The highest BCUT2D eigenvalue weighted by Crippen LogP contribution is 2.22. The molecule has 1 fully saturated rings. The van der Waals surface area contributed by atoms with E-state index in [1.807, 2.05) is 55.2 Å². The summed E-state index contributed by atoms with van der Waals surface area (Å²) in [5.74, 6) is 2.60. The number of aromatic nitrogens is 7. The van der Waals surface area contributed by atoms with Crippen molar-refractivity contribution < 1.29 is 0 Å². The van der Waals surface area contributed by atoms with Gasteiger partial charge in [-0.3, -0.25) is 0 Å². The van der Waals surface area contributed by atoms with E-state index in [1.54, 1.807) is 4.68 Å². The van der Waals surface area contributed by atoms with Crippen molar-refractivity contribution in [2.45, 2.75) is 13.8 Å². The van der Waals surface area contributed by atoms with Crippen molar-refractivity contribution >= 4 is 17.2 Å². The zero-order chi connectivity index (χ0) is 19.1. The van der Waals surface area contributed by atoms with E-state index in [-0.39, 0.29) is 0 Å². The molecule has 4 aromatic rings. The van der Waals surface area contributed by atoms with Crippen molar-refractivity contribution in [3.8, 4) is 5.82 Å². The minimum Gasteiger partial charge on any atom is -0.352 e. The fraction of sp³-hybridized carbons (Fsp3) is 0.316.